The highest BCUT2D eigenvalue weighted by molar-refractivity contribution is 7.15. The van der Waals surface area contributed by atoms with Gasteiger partial charge in [0.15, 0.2) is 5.13 Å². The highest BCUT2D eigenvalue weighted by Crippen LogP contribution is 2.22. The molecule has 5 nitrogen and oxygen atoms in total. The molecule has 0 spiro atoms. The van der Waals surface area contributed by atoms with Crippen LogP contribution >= 0.6 is 11.3 Å². The number of rotatable bonds is 4. The summed E-state index contributed by atoms with van der Waals surface area (Å²) >= 11 is 1.39. The number of nitrogens with zero attached hydrogens (tertiary/aromatic N) is 3. The third-order valence-electron chi connectivity index (χ3n) is 3.49. The van der Waals surface area contributed by atoms with Crippen LogP contribution in [-0.4, -0.2) is 35.2 Å². The van der Waals surface area contributed by atoms with E-state index in [1.165, 1.54) is 23.5 Å². The Morgan fingerprint density at radius 1 is 1.48 bits per heavy atom. The summed E-state index contributed by atoms with van der Waals surface area (Å²) in [7, 11) is 1.85. The van der Waals surface area contributed by atoms with Crippen molar-refractivity contribution in [2.45, 2.75) is 19.3 Å². The van der Waals surface area contributed by atoms with Crippen LogP contribution in [0, 0.1) is 5.82 Å². The molecule has 2 aromatic rings. The Labute approximate surface area is 137 Å². The zero-order valence-electron chi connectivity index (χ0n) is 12.8. The normalized spacial score (nSPS) is 14.5. The monoisotopic (exact) mass is 332 g/mol. The molecule has 0 radical (unpaired) electrons. The third-order valence-corrected chi connectivity index (χ3v) is 4.40. The molecule has 0 aliphatic carbocycles. The number of hydrogen-bond acceptors (Lipinski definition) is 5. The van der Waals surface area contributed by atoms with Crippen LogP contribution < -0.4 is 5.32 Å². The van der Waals surface area contributed by atoms with Crippen LogP contribution in [0.3, 0.4) is 0 Å². The molecule has 3 rings (SSSR count). The largest absolute Gasteiger partial charge is 0.300 e. The molecule has 23 heavy (non-hydrogen) atoms. The zero-order chi connectivity index (χ0) is 16.2. The first kappa shape index (κ1) is 15.6. The number of carbonyl (C=O) groups excluding carboxylic acids is 1. The van der Waals surface area contributed by atoms with Crippen molar-refractivity contribution >= 4 is 28.1 Å². The van der Waals surface area contributed by atoms with Crippen molar-refractivity contribution in [2.24, 2.45) is 5.10 Å². The number of amides is 1. The van der Waals surface area contributed by atoms with E-state index in [4.69, 9.17) is 0 Å². The molecule has 0 bridgehead atoms. The van der Waals surface area contributed by atoms with Crippen LogP contribution in [0.1, 0.15) is 23.3 Å². The number of thiazole rings is 1. The predicted octanol–water partition coefficient (Wildman–Crippen LogP) is 2.89. The number of hydrogen-bond donors (Lipinski definition) is 1. The molecule has 1 aromatic heterocycles. The second kappa shape index (κ2) is 6.87. The van der Waals surface area contributed by atoms with E-state index < -0.39 is 0 Å². The van der Waals surface area contributed by atoms with E-state index in [-0.39, 0.29) is 11.7 Å². The highest BCUT2D eigenvalue weighted by Gasteiger charge is 2.18. The average Bonchev–Trinajstić information content (AvgIpc) is 2.94. The Hall–Kier alpha value is -2.28. The number of hydrazone groups is 1. The lowest BCUT2D eigenvalue weighted by molar-refractivity contribution is -0.110. The molecule has 0 atom stereocenters. The number of nitrogens with one attached hydrogen (secondary N) is 1. The molecule has 1 aliphatic heterocycles. The molecule has 7 heteroatoms. The summed E-state index contributed by atoms with van der Waals surface area (Å²) in [4.78, 5) is 17.4. The number of carbonyl (C=O) groups is 1. The van der Waals surface area contributed by atoms with Gasteiger partial charge in [0.25, 0.3) is 5.91 Å². The highest BCUT2D eigenvalue weighted by atomic mass is 32.1. The van der Waals surface area contributed by atoms with Crippen LogP contribution in [0.25, 0.3) is 0 Å². The predicted molar refractivity (Wildman–Crippen MR) is 89.2 cm³/mol. The summed E-state index contributed by atoms with van der Waals surface area (Å²) in [6.07, 6.45) is 3.90. The van der Waals surface area contributed by atoms with Gasteiger partial charge in [-0.15, -0.1) is 11.3 Å². The molecule has 1 amide bonds. The van der Waals surface area contributed by atoms with Gasteiger partial charge >= 0.3 is 0 Å². The first-order valence-electron chi connectivity index (χ1n) is 7.39. The van der Waals surface area contributed by atoms with Crippen molar-refractivity contribution in [3.8, 4) is 0 Å². The Balaban J connectivity index is 1.64. The van der Waals surface area contributed by atoms with Crippen LogP contribution in [0.5, 0.6) is 0 Å². The van der Waals surface area contributed by atoms with Crippen LogP contribution in [-0.2, 0) is 11.2 Å². The molecule has 0 unspecified atom stereocenters. The maximum Gasteiger partial charge on any atom is 0.273 e. The van der Waals surface area contributed by atoms with Crippen LogP contribution in [0.15, 0.2) is 35.6 Å². The molecule has 1 aromatic carbocycles. The summed E-state index contributed by atoms with van der Waals surface area (Å²) in [6, 6.07) is 6.48. The topological polar surface area (TPSA) is 57.6 Å². The van der Waals surface area contributed by atoms with Gasteiger partial charge in [-0.2, -0.15) is 5.10 Å². The lowest BCUT2D eigenvalue weighted by atomic mass is 10.1. The smallest absolute Gasteiger partial charge is 0.273 e. The maximum absolute atomic E-state index is 13.2. The molecule has 0 fully saturated rings. The Kier molecular flexibility index (Phi) is 4.66. The molecule has 2 heterocycles. The fourth-order valence-corrected chi connectivity index (χ4v) is 3.25. The quantitative estimate of drug-likeness (QED) is 0.936. The molecule has 1 aliphatic rings. The molecule has 0 saturated heterocycles. The van der Waals surface area contributed by atoms with E-state index in [1.54, 1.807) is 17.3 Å². The first-order valence-corrected chi connectivity index (χ1v) is 8.21. The van der Waals surface area contributed by atoms with Crippen molar-refractivity contribution in [3.63, 3.8) is 0 Å². The van der Waals surface area contributed by atoms with Crippen LogP contribution in [0.4, 0.5) is 9.52 Å². The molecule has 1 N–H and O–H groups in total. The van der Waals surface area contributed by atoms with Crippen molar-refractivity contribution in [2.75, 3.05) is 18.9 Å². The minimum absolute atomic E-state index is 0.205. The summed E-state index contributed by atoms with van der Waals surface area (Å²) in [5, 5.41) is 9.34. The summed E-state index contributed by atoms with van der Waals surface area (Å²) in [5.74, 6) is -0.455. The zero-order valence-corrected chi connectivity index (χ0v) is 13.6. The summed E-state index contributed by atoms with van der Waals surface area (Å²) < 4.78 is 13.2. The van der Waals surface area contributed by atoms with Crippen molar-refractivity contribution in [1.82, 2.24) is 9.99 Å². The van der Waals surface area contributed by atoms with Gasteiger partial charge < -0.3 is 0 Å². The minimum Gasteiger partial charge on any atom is -0.300 e. The number of halogens is 1. The van der Waals surface area contributed by atoms with E-state index in [1.807, 2.05) is 13.1 Å². The first-order chi connectivity index (χ1) is 11.1. The van der Waals surface area contributed by atoms with Crippen molar-refractivity contribution in [3.05, 3.63) is 46.7 Å². The second-order valence-corrected chi connectivity index (χ2v) is 6.54. The Morgan fingerprint density at radius 3 is 3.13 bits per heavy atom. The lowest BCUT2D eigenvalue weighted by Crippen LogP contribution is -2.30. The molecule has 0 saturated carbocycles. The third kappa shape index (κ3) is 4.13. The summed E-state index contributed by atoms with van der Waals surface area (Å²) in [5.41, 5.74) is 1.41. The number of aromatic nitrogens is 1. The molecular weight excluding hydrogens is 315 g/mol. The van der Waals surface area contributed by atoms with E-state index in [2.05, 4.69) is 15.4 Å². The van der Waals surface area contributed by atoms with Gasteiger partial charge in [0.05, 0.1) is 0 Å². The van der Waals surface area contributed by atoms with E-state index in [9.17, 15) is 9.18 Å². The number of benzene rings is 1. The fourth-order valence-electron chi connectivity index (χ4n) is 2.40. The van der Waals surface area contributed by atoms with E-state index in [0.29, 0.717) is 23.7 Å². The standard InChI is InChI=1S/C16H17FN4OS/c1-21-7-3-6-14(20-21)15(22)19-16-18-10-13(23-16)9-11-4-2-5-12(17)8-11/h2,4-5,8,10H,3,6-7,9H2,1H3,(H,18,19,22). The fraction of sp³-hybridized carbons (Fsp3) is 0.312. The van der Waals surface area contributed by atoms with E-state index in [0.717, 1.165) is 23.4 Å². The van der Waals surface area contributed by atoms with Gasteiger partial charge in [-0.25, -0.2) is 9.37 Å². The molecular formula is C16H17FN4OS. The van der Waals surface area contributed by atoms with Gasteiger partial charge in [0, 0.05) is 31.1 Å². The van der Waals surface area contributed by atoms with Crippen molar-refractivity contribution in [1.29, 1.82) is 0 Å². The van der Waals surface area contributed by atoms with Crippen molar-refractivity contribution < 1.29 is 9.18 Å². The van der Waals surface area contributed by atoms with Gasteiger partial charge in [-0.1, -0.05) is 12.1 Å². The SMILES string of the molecule is CN1CCCC(C(=O)Nc2ncc(Cc3cccc(F)c3)s2)=N1. The summed E-state index contributed by atoms with van der Waals surface area (Å²) in [6.45, 7) is 0.867. The average molecular weight is 332 g/mol. The minimum atomic E-state index is -0.250. The van der Waals surface area contributed by atoms with Gasteiger partial charge in [0.2, 0.25) is 0 Å². The van der Waals surface area contributed by atoms with E-state index >= 15 is 0 Å². The molecule has 120 valence electrons. The second-order valence-electron chi connectivity index (χ2n) is 5.42. The Bertz CT molecular complexity index is 743. The van der Waals surface area contributed by atoms with Gasteiger partial charge in [-0.05, 0) is 30.5 Å². The lowest BCUT2D eigenvalue weighted by Gasteiger charge is -2.20. The van der Waals surface area contributed by atoms with Gasteiger partial charge in [0.1, 0.15) is 11.5 Å². The van der Waals surface area contributed by atoms with Crippen LogP contribution in [0.2, 0.25) is 0 Å². The maximum atomic E-state index is 13.2. The number of anilines is 1. The Morgan fingerprint density at radius 2 is 2.35 bits per heavy atom. The van der Waals surface area contributed by atoms with Gasteiger partial charge in [-0.3, -0.25) is 15.1 Å².